The minimum atomic E-state index is -3.47. The fourth-order valence-corrected chi connectivity index (χ4v) is 4.78. The summed E-state index contributed by atoms with van der Waals surface area (Å²) in [6.07, 6.45) is -1.95. The van der Waals surface area contributed by atoms with Crippen molar-refractivity contribution in [2.75, 3.05) is 7.11 Å². The molecule has 1 aromatic carbocycles. The minimum absolute atomic E-state index is 0.107. The zero-order chi connectivity index (χ0) is 16.8. The third-order valence-electron chi connectivity index (χ3n) is 4.28. The summed E-state index contributed by atoms with van der Waals surface area (Å²) in [5, 5.41) is 9.99. The van der Waals surface area contributed by atoms with E-state index in [0.29, 0.717) is 5.75 Å². The van der Waals surface area contributed by atoms with Crippen molar-refractivity contribution < 1.29 is 18.6 Å². The number of hydrogen-bond donors (Lipinski definition) is 1. The van der Waals surface area contributed by atoms with Crippen LogP contribution in [0.5, 0.6) is 5.75 Å². The van der Waals surface area contributed by atoms with Crippen molar-refractivity contribution in [3.05, 3.63) is 29.8 Å². The highest BCUT2D eigenvalue weighted by molar-refractivity contribution is 6.87. The summed E-state index contributed by atoms with van der Waals surface area (Å²) in [6.45, 7) is 6.01. The monoisotopic (exact) mass is 326 g/mol. The van der Waals surface area contributed by atoms with Gasteiger partial charge >= 0.3 is 5.92 Å². The number of methoxy groups -OCH3 is 1. The van der Waals surface area contributed by atoms with Gasteiger partial charge in [0.2, 0.25) is 0 Å². The van der Waals surface area contributed by atoms with Crippen molar-refractivity contribution in [3.63, 3.8) is 0 Å². The van der Waals surface area contributed by atoms with Crippen LogP contribution in [-0.4, -0.2) is 26.2 Å². The van der Waals surface area contributed by atoms with Gasteiger partial charge in [-0.2, -0.15) is 8.78 Å². The maximum absolute atomic E-state index is 14.2. The van der Waals surface area contributed by atoms with Gasteiger partial charge < -0.3 is 9.84 Å². The summed E-state index contributed by atoms with van der Waals surface area (Å²) >= 11 is 0. The van der Waals surface area contributed by atoms with Crippen LogP contribution in [0.25, 0.3) is 0 Å². The van der Waals surface area contributed by atoms with Gasteiger partial charge in [0.1, 0.15) is 13.8 Å². The molecule has 0 aliphatic heterocycles. The number of aliphatic hydroxyl groups excluding tert-OH is 1. The molecule has 2 nitrogen and oxygen atoms in total. The molecule has 0 saturated heterocycles. The summed E-state index contributed by atoms with van der Waals surface area (Å²) in [7, 11) is -0.517. The highest BCUT2D eigenvalue weighted by Gasteiger charge is 2.38. The van der Waals surface area contributed by atoms with E-state index in [0.717, 1.165) is 18.1 Å². The fourth-order valence-electron chi connectivity index (χ4n) is 2.32. The van der Waals surface area contributed by atoms with Crippen LogP contribution in [0, 0.1) is 11.5 Å². The molecule has 1 rings (SSSR count). The Morgan fingerprint density at radius 3 is 2.32 bits per heavy atom. The lowest BCUT2D eigenvalue weighted by Crippen LogP contribution is -2.32. The predicted octanol–water partition coefficient (Wildman–Crippen LogP) is 4.42. The van der Waals surface area contributed by atoms with Crippen LogP contribution >= 0.6 is 0 Å². The second kappa shape index (κ2) is 7.75. The second-order valence-corrected chi connectivity index (χ2v) is 10.3. The topological polar surface area (TPSA) is 29.5 Å². The van der Waals surface area contributed by atoms with Crippen molar-refractivity contribution >= 4 is 8.07 Å². The molecule has 0 amide bonds. The van der Waals surface area contributed by atoms with Crippen molar-refractivity contribution in [2.24, 2.45) is 0 Å². The summed E-state index contributed by atoms with van der Waals surface area (Å²) in [5.41, 5.74) is 2.96. The van der Waals surface area contributed by atoms with Gasteiger partial charge in [-0.05, 0) is 41.7 Å². The van der Waals surface area contributed by atoms with Crippen molar-refractivity contribution in [1.29, 1.82) is 0 Å². The van der Waals surface area contributed by atoms with E-state index in [2.05, 4.69) is 11.5 Å². The van der Waals surface area contributed by atoms with Gasteiger partial charge in [-0.3, -0.25) is 0 Å². The number of halogens is 2. The maximum Gasteiger partial charge on any atom is 0.336 e. The molecule has 0 aliphatic carbocycles. The molecule has 0 aromatic heterocycles. The van der Waals surface area contributed by atoms with Gasteiger partial charge in [0.25, 0.3) is 0 Å². The zero-order valence-electron chi connectivity index (χ0n) is 13.6. The van der Waals surface area contributed by atoms with E-state index in [1.54, 1.807) is 12.1 Å². The molecule has 5 heteroatoms. The number of aliphatic hydroxyl groups is 1. The molecule has 1 N–H and O–H groups in total. The minimum Gasteiger partial charge on any atom is -0.497 e. The van der Waals surface area contributed by atoms with E-state index in [-0.39, 0.29) is 5.56 Å². The highest BCUT2D eigenvalue weighted by atomic mass is 28.3. The van der Waals surface area contributed by atoms with E-state index in [9.17, 15) is 13.9 Å². The van der Waals surface area contributed by atoms with E-state index in [1.807, 2.05) is 20.8 Å². The quantitative estimate of drug-likeness (QED) is 0.619. The van der Waals surface area contributed by atoms with E-state index in [4.69, 9.17) is 4.74 Å². The molecular formula is C17H24F2O2Si. The first kappa shape index (κ1) is 18.7. The number of alkyl halides is 2. The van der Waals surface area contributed by atoms with Crippen LogP contribution in [0.3, 0.4) is 0 Å². The Hall–Kier alpha value is -1.38. The lowest BCUT2D eigenvalue weighted by Gasteiger charge is -2.22. The molecule has 0 aliphatic rings. The Balaban J connectivity index is 3.07. The van der Waals surface area contributed by atoms with Crippen LogP contribution in [0.2, 0.25) is 18.1 Å². The molecule has 0 bridgehead atoms. The standard InChI is InChI=1S/C17H24F2O2Si/c1-5-22(6-2,7-3)12-11-17(18,19)16(20)14-9-8-10-15(13-14)21-4/h8-10,13,16,20H,5-7H2,1-4H3. The summed E-state index contributed by atoms with van der Waals surface area (Å²) in [5.74, 6) is -0.962. The van der Waals surface area contributed by atoms with Gasteiger partial charge in [-0.1, -0.05) is 32.9 Å². The van der Waals surface area contributed by atoms with E-state index in [1.165, 1.54) is 19.2 Å². The Bertz CT molecular complexity index is 537. The van der Waals surface area contributed by atoms with Crippen molar-refractivity contribution in [3.8, 4) is 17.2 Å². The van der Waals surface area contributed by atoms with Crippen LogP contribution in [0.15, 0.2) is 24.3 Å². The first-order valence-corrected chi connectivity index (χ1v) is 10.2. The van der Waals surface area contributed by atoms with Crippen molar-refractivity contribution in [2.45, 2.75) is 50.9 Å². The molecule has 1 atom stereocenters. The first-order chi connectivity index (χ1) is 10.3. The average molecular weight is 326 g/mol. The average Bonchev–Trinajstić information content (AvgIpc) is 2.56. The van der Waals surface area contributed by atoms with Gasteiger partial charge in [0, 0.05) is 0 Å². The lowest BCUT2D eigenvalue weighted by molar-refractivity contribution is -0.0635. The maximum atomic E-state index is 14.2. The van der Waals surface area contributed by atoms with Gasteiger partial charge in [0.05, 0.1) is 7.11 Å². The van der Waals surface area contributed by atoms with Crippen LogP contribution in [0.1, 0.15) is 32.4 Å². The number of ether oxygens (including phenoxy) is 1. The molecule has 122 valence electrons. The Labute approximate surface area is 132 Å². The van der Waals surface area contributed by atoms with E-state index < -0.39 is 20.1 Å². The normalized spacial score (nSPS) is 13.2. The SMILES string of the molecule is CC[Si](C#CC(F)(F)C(O)c1cccc(OC)c1)(CC)CC. The smallest absolute Gasteiger partial charge is 0.336 e. The Morgan fingerprint density at radius 1 is 1.23 bits per heavy atom. The zero-order valence-corrected chi connectivity index (χ0v) is 14.6. The van der Waals surface area contributed by atoms with Gasteiger partial charge in [-0.15, -0.1) is 5.54 Å². The summed E-state index contributed by atoms with van der Waals surface area (Å²) in [6, 6.07) is 8.61. The summed E-state index contributed by atoms with van der Waals surface area (Å²) < 4.78 is 33.5. The number of hydrogen-bond acceptors (Lipinski definition) is 2. The van der Waals surface area contributed by atoms with Crippen LogP contribution < -0.4 is 4.74 Å². The molecule has 0 heterocycles. The third kappa shape index (κ3) is 4.31. The van der Waals surface area contributed by atoms with E-state index >= 15 is 0 Å². The molecule has 1 unspecified atom stereocenters. The van der Waals surface area contributed by atoms with Crippen LogP contribution in [0.4, 0.5) is 8.78 Å². The molecule has 0 fully saturated rings. The Morgan fingerprint density at radius 2 is 1.82 bits per heavy atom. The number of rotatable bonds is 6. The first-order valence-electron chi connectivity index (χ1n) is 7.58. The second-order valence-electron chi connectivity index (χ2n) is 5.39. The molecule has 1 aromatic rings. The van der Waals surface area contributed by atoms with Gasteiger partial charge in [-0.25, -0.2) is 0 Å². The fraction of sp³-hybridized carbons (Fsp3) is 0.529. The highest BCUT2D eigenvalue weighted by Crippen LogP contribution is 2.32. The molecule has 0 saturated carbocycles. The third-order valence-corrected chi connectivity index (χ3v) is 8.99. The summed E-state index contributed by atoms with van der Waals surface area (Å²) in [4.78, 5) is 0. The molecular weight excluding hydrogens is 302 g/mol. The lowest BCUT2D eigenvalue weighted by atomic mass is 10.0. The predicted molar refractivity (Wildman–Crippen MR) is 87.9 cm³/mol. The number of benzene rings is 1. The largest absolute Gasteiger partial charge is 0.497 e. The van der Waals surface area contributed by atoms with Crippen LogP contribution in [-0.2, 0) is 0 Å². The molecule has 0 spiro atoms. The van der Waals surface area contributed by atoms with Crippen molar-refractivity contribution in [1.82, 2.24) is 0 Å². The molecule has 0 radical (unpaired) electrons. The Kier molecular flexibility index (Phi) is 6.58. The molecule has 22 heavy (non-hydrogen) atoms. The van der Waals surface area contributed by atoms with Gasteiger partial charge in [0.15, 0.2) is 6.10 Å².